The third kappa shape index (κ3) is 6.87. The summed E-state index contributed by atoms with van der Waals surface area (Å²) in [4.78, 5) is 8.50. The van der Waals surface area contributed by atoms with Crippen molar-refractivity contribution in [3.05, 3.63) is 29.7 Å². The Morgan fingerprint density at radius 2 is 2.16 bits per heavy atom. The van der Waals surface area contributed by atoms with Crippen molar-refractivity contribution < 1.29 is 8.42 Å². The molecule has 140 valence electrons. The van der Waals surface area contributed by atoms with Crippen LogP contribution in [0.25, 0.3) is 0 Å². The van der Waals surface area contributed by atoms with E-state index in [1.807, 2.05) is 6.92 Å². The lowest BCUT2D eigenvalue weighted by Crippen LogP contribution is -2.41. The summed E-state index contributed by atoms with van der Waals surface area (Å²) in [6.45, 7) is 3.71. The Labute approximate surface area is 168 Å². The molecule has 2 aromatic heterocycles. The van der Waals surface area contributed by atoms with Gasteiger partial charge in [0.05, 0.1) is 0 Å². The lowest BCUT2D eigenvalue weighted by Gasteiger charge is -2.11. The van der Waals surface area contributed by atoms with E-state index in [4.69, 9.17) is 0 Å². The van der Waals surface area contributed by atoms with Gasteiger partial charge in [-0.1, -0.05) is 6.07 Å². The monoisotopic (exact) mass is 499 g/mol. The minimum Gasteiger partial charge on any atom is -0.357 e. The van der Waals surface area contributed by atoms with Gasteiger partial charge in [0.1, 0.15) is 22.9 Å². The average molecular weight is 499 g/mol. The first-order valence-electron chi connectivity index (χ1n) is 7.41. The number of aromatic nitrogens is 3. The van der Waals surface area contributed by atoms with Gasteiger partial charge < -0.3 is 10.6 Å². The summed E-state index contributed by atoms with van der Waals surface area (Å²) >= 11 is 1.19. The Morgan fingerprint density at radius 3 is 2.76 bits per heavy atom. The average Bonchev–Trinajstić information content (AvgIpc) is 3.21. The van der Waals surface area contributed by atoms with Gasteiger partial charge in [-0.15, -0.1) is 35.3 Å². The SMILES string of the molecule is CCNC(=NCc1ncnn1C)NCCNS(=O)(=O)c1cccs1.I. The van der Waals surface area contributed by atoms with E-state index in [0.717, 1.165) is 5.82 Å². The van der Waals surface area contributed by atoms with Gasteiger partial charge in [-0.05, 0) is 18.4 Å². The number of rotatable bonds is 8. The zero-order valence-corrected chi connectivity index (χ0v) is 17.9. The molecule has 3 N–H and O–H groups in total. The van der Waals surface area contributed by atoms with Gasteiger partial charge in [0.2, 0.25) is 10.0 Å². The number of sulfonamides is 1. The number of halogens is 1. The van der Waals surface area contributed by atoms with Crippen molar-refractivity contribution in [3.8, 4) is 0 Å². The first-order valence-corrected chi connectivity index (χ1v) is 9.77. The zero-order chi connectivity index (χ0) is 17.4. The minimum atomic E-state index is -3.43. The molecule has 12 heteroatoms. The van der Waals surface area contributed by atoms with Crippen LogP contribution >= 0.6 is 35.3 Å². The summed E-state index contributed by atoms with van der Waals surface area (Å²) in [5.41, 5.74) is 0. The number of aryl methyl sites for hydroxylation is 1. The van der Waals surface area contributed by atoms with E-state index in [-0.39, 0.29) is 30.5 Å². The fourth-order valence-corrected chi connectivity index (χ4v) is 3.88. The molecule has 0 saturated heterocycles. The van der Waals surface area contributed by atoms with E-state index in [1.165, 1.54) is 17.7 Å². The largest absolute Gasteiger partial charge is 0.357 e. The summed E-state index contributed by atoms with van der Waals surface area (Å²) in [7, 11) is -1.63. The molecule has 0 spiro atoms. The highest BCUT2D eigenvalue weighted by Gasteiger charge is 2.13. The maximum absolute atomic E-state index is 12.0. The maximum Gasteiger partial charge on any atom is 0.250 e. The molecule has 2 aromatic rings. The highest BCUT2D eigenvalue weighted by molar-refractivity contribution is 14.0. The molecule has 0 aliphatic heterocycles. The number of aliphatic imine (C=N–C) groups is 1. The summed E-state index contributed by atoms with van der Waals surface area (Å²) in [6, 6.07) is 3.28. The molecule has 2 heterocycles. The van der Waals surface area contributed by atoms with Crippen LogP contribution < -0.4 is 15.4 Å². The third-order valence-electron chi connectivity index (χ3n) is 3.00. The van der Waals surface area contributed by atoms with Crippen molar-refractivity contribution in [2.75, 3.05) is 19.6 Å². The van der Waals surface area contributed by atoms with Crippen LogP contribution in [0.5, 0.6) is 0 Å². The van der Waals surface area contributed by atoms with E-state index in [9.17, 15) is 8.42 Å². The molecule has 0 aliphatic carbocycles. The van der Waals surface area contributed by atoms with Gasteiger partial charge in [0.25, 0.3) is 0 Å². The summed E-state index contributed by atoms with van der Waals surface area (Å²) in [5.74, 6) is 1.33. The second-order valence-corrected chi connectivity index (χ2v) is 7.69. The van der Waals surface area contributed by atoms with Gasteiger partial charge >= 0.3 is 0 Å². The number of hydrogen-bond acceptors (Lipinski definition) is 6. The van der Waals surface area contributed by atoms with Crippen molar-refractivity contribution in [1.29, 1.82) is 0 Å². The Morgan fingerprint density at radius 1 is 1.36 bits per heavy atom. The second-order valence-electron chi connectivity index (χ2n) is 4.75. The zero-order valence-electron chi connectivity index (χ0n) is 14.0. The molecule has 0 aliphatic rings. The highest BCUT2D eigenvalue weighted by Crippen LogP contribution is 2.14. The van der Waals surface area contributed by atoms with E-state index >= 15 is 0 Å². The lowest BCUT2D eigenvalue weighted by atomic mass is 10.6. The Kier molecular flexibility index (Phi) is 9.31. The van der Waals surface area contributed by atoms with Crippen LogP contribution in [-0.4, -0.2) is 48.8 Å². The van der Waals surface area contributed by atoms with E-state index < -0.39 is 10.0 Å². The first-order chi connectivity index (χ1) is 11.5. The van der Waals surface area contributed by atoms with E-state index in [2.05, 4.69) is 30.4 Å². The van der Waals surface area contributed by atoms with Crippen LogP contribution in [0.1, 0.15) is 12.7 Å². The van der Waals surface area contributed by atoms with Gasteiger partial charge in [-0.2, -0.15) is 5.10 Å². The summed E-state index contributed by atoms with van der Waals surface area (Å²) < 4.78 is 28.5. The summed E-state index contributed by atoms with van der Waals surface area (Å²) in [5, 5.41) is 11.9. The smallest absolute Gasteiger partial charge is 0.250 e. The van der Waals surface area contributed by atoms with Crippen molar-refractivity contribution in [3.63, 3.8) is 0 Å². The number of guanidine groups is 1. The summed E-state index contributed by atoms with van der Waals surface area (Å²) in [6.07, 6.45) is 1.48. The fourth-order valence-electron chi connectivity index (χ4n) is 1.81. The van der Waals surface area contributed by atoms with Crippen LogP contribution in [0.3, 0.4) is 0 Å². The second kappa shape index (κ2) is 10.7. The standard InChI is InChI=1S/C13H21N7O2S2.HI/c1-3-14-13(16-9-11-17-10-18-20(11)2)15-6-7-19-24(21,22)12-5-4-8-23-12;/h4-5,8,10,19H,3,6-7,9H2,1-2H3,(H2,14,15,16);1H. The molecular formula is C13H22IN7O2S2. The van der Waals surface area contributed by atoms with Crippen LogP contribution in [0.2, 0.25) is 0 Å². The van der Waals surface area contributed by atoms with Gasteiger partial charge in [-0.25, -0.2) is 23.1 Å². The van der Waals surface area contributed by atoms with Crippen LogP contribution in [0.4, 0.5) is 0 Å². The van der Waals surface area contributed by atoms with E-state index in [0.29, 0.717) is 29.8 Å². The fraction of sp³-hybridized carbons (Fsp3) is 0.462. The van der Waals surface area contributed by atoms with Gasteiger partial charge in [0, 0.05) is 26.7 Å². The number of nitrogens with zero attached hydrogens (tertiary/aromatic N) is 4. The molecular weight excluding hydrogens is 477 g/mol. The molecule has 2 rings (SSSR count). The van der Waals surface area contributed by atoms with Crippen LogP contribution in [-0.2, 0) is 23.6 Å². The van der Waals surface area contributed by atoms with Gasteiger partial charge in [-0.3, -0.25) is 4.68 Å². The van der Waals surface area contributed by atoms with Crippen LogP contribution in [0.15, 0.2) is 33.0 Å². The molecule has 0 fully saturated rings. The topological polar surface area (TPSA) is 113 Å². The minimum absolute atomic E-state index is 0. The molecule has 25 heavy (non-hydrogen) atoms. The first kappa shape index (κ1) is 21.8. The molecule has 9 nitrogen and oxygen atoms in total. The quantitative estimate of drug-likeness (QED) is 0.211. The lowest BCUT2D eigenvalue weighted by molar-refractivity contribution is 0.582. The van der Waals surface area contributed by atoms with Gasteiger partial charge in [0.15, 0.2) is 5.96 Å². The predicted molar refractivity (Wildman–Crippen MR) is 109 cm³/mol. The van der Waals surface area contributed by atoms with Crippen molar-refractivity contribution in [2.24, 2.45) is 12.0 Å². The number of thiophene rings is 1. The maximum atomic E-state index is 12.0. The predicted octanol–water partition coefficient (Wildman–Crippen LogP) is 0.528. The molecule has 0 radical (unpaired) electrons. The number of nitrogens with one attached hydrogen (secondary N) is 3. The van der Waals surface area contributed by atoms with Crippen molar-refractivity contribution >= 4 is 51.3 Å². The van der Waals surface area contributed by atoms with Crippen LogP contribution in [0, 0.1) is 0 Å². The molecule has 0 aromatic carbocycles. The van der Waals surface area contributed by atoms with E-state index in [1.54, 1.807) is 29.2 Å². The molecule has 0 amide bonds. The molecule has 0 unspecified atom stereocenters. The molecule has 0 bridgehead atoms. The molecule has 0 atom stereocenters. The normalized spacial score (nSPS) is 11.8. The van der Waals surface area contributed by atoms with Crippen molar-refractivity contribution in [2.45, 2.75) is 17.7 Å². The number of hydrogen-bond donors (Lipinski definition) is 3. The Balaban J connectivity index is 0.00000312. The molecule has 0 saturated carbocycles. The highest BCUT2D eigenvalue weighted by atomic mass is 127. The Bertz CT molecular complexity index is 759. The third-order valence-corrected chi connectivity index (χ3v) is 5.86. The van der Waals surface area contributed by atoms with Crippen molar-refractivity contribution in [1.82, 2.24) is 30.1 Å². The Hall–Kier alpha value is -1.25.